The normalized spacial score (nSPS) is 11.8. The molecule has 0 radical (unpaired) electrons. The van der Waals surface area contributed by atoms with Crippen LogP contribution in [-0.2, 0) is 10.1 Å². The van der Waals surface area contributed by atoms with Crippen molar-refractivity contribution in [3.05, 3.63) is 11.1 Å². The Labute approximate surface area is 62.4 Å². The van der Waals surface area contributed by atoms with Gasteiger partial charge < -0.3 is 0 Å². The largest absolute Gasteiger partial charge is 0.297 e. The molecule has 1 rings (SSSR count). The Morgan fingerprint density at radius 1 is 1.70 bits per heavy atom. The molecule has 0 aliphatic rings. The van der Waals surface area contributed by atoms with Crippen LogP contribution in [0.4, 0.5) is 0 Å². The Morgan fingerprint density at radius 3 is 2.50 bits per heavy atom. The molecule has 0 aromatic carbocycles. The minimum absolute atomic E-state index is 0.0995. The summed E-state index contributed by atoms with van der Waals surface area (Å²) in [6, 6.07) is 0. The van der Waals surface area contributed by atoms with Gasteiger partial charge in [0.1, 0.15) is 4.90 Å². The highest BCUT2D eigenvalue weighted by molar-refractivity contribution is 7.86. The predicted molar refractivity (Wildman–Crippen MR) is 36.7 cm³/mol. The van der Waals surface area contributed by atoms with Gasteiger partial charge in [-0.1, -0.05) is 0 Å². The third kappa shape index (κ3) is 1.34. The highest BCUT2D eigenvalue weighted by atomic mass is 32.2. The fourth-order valence-electron chi connectivity index (χ4n) is 0.531. The van der Waals surface area contributed by atoms with Crippen molar-refractivity contribution in [3.63, 3.8) is 0 Å². The van der Waals surface area contributed by atoms with Crippen molar-refractivity contribution in [2.24, 2.45) is 0 Å². The molecule has 56 valence electrons. The second-order valence-electron chi connectivity index (χ2n) is 1.74. The van der Waals surface area contributed by atoms with E-state index in [1.165, 1.54) is 12.3 Å². The Bertz CT molecular complexity index is 326. The molecule has 1 aromatic heterocycles. The van der Waals surface area contributed by atoms with Crippen LogP contribution in [0.2, 0.25) is 0 Å². The van der Waals surface area contributed by atoms with Gasteiger partial charge in [-0.15, -0.1) is 0 Å². The van der Waals surface area contributed by atoms with Crippen LogP contribution < -0.4 is 0 Å². The number of aryl methyl sites for hydroxylation is 1. The average Bonchev–Trinajstić information content (AvgIpc) is 2.11. The number of aromatic nitrogens is 1. The number of nitrogens with zero attached hydrogens (tertiary/aromatic N) is 1. The molecule has 0 saturated carbocycles. The molecule has 0 unspecified atom stereocenters. The van der Waals surface area contributed by atoms with Crippen LogP contribution >= 0.6 is 11.5 Å². The lowest BCUT2D eigenvalue weighted by Gasteiger charge is -1.89. The van der Waals surface area contributed by atoms with E-state index in [-0.39, 0.29) is 4.90 Å². The molecule has 0 fully saturated rings. The first-order valence-corrected chi connectivity index (χ1v) is 4.68. The first-order chi connectivity index (χ1) is 4.52. The van der Waals surface area contributed by atoms with Crippen LogP contribution in [0.1, 0.15) is 5.69 Å². The molecule has 1 aromatic rings. The Morgan fingerprint density at radius 2 is 2.30 bits per heavy atom. The fraction of sp³-hybridized carbons (Fsp3) is 0.250. The molecule has 0 saturated heterocycles. The summed E-state index contributed by atoms with van der Waals surface area (Å²) in [6.07, 6.45) is 0. The molecular formula is C4H5NO3S2. The topological polar surface area (TPSA) is 67.3 Å². The third-order valence-corrected chi connectivity index (χ3v) is 2.82. The summed E-state index contributed by atoms with van der Waals surface area (Å²) in [7, 11) is -4.04. The predicted octanol–water partition coefficient (Wildman–Crippen LogP) is 0.698. The lowest BCUT2D eigenvalue weighted by Crippen LogP contribution is -1.97. The molecule has 6 heteroatoms. The zero-order valence-electron chi connectivity index (χ0n) is 5.10. The van der Waals surface area contributed by atoms with Crippen molar-refractivity contribution in [2.45, 2.75) is 11.8 Å². The highest BCUT2D eigenvalue weighted by Crippen LogP contribution is 2.14. The van der Waals surface area contributed by atoms with Gasteiger partial charge in [-0.25, -0.2) is 0 Å². The van der Waals surface area contributed by atoms with Gasteiger partial charge in [0, 0.05) is 5.38 Å². The first-order valence-electron chi connectivity index (χ1n) is 2.40. The van der Waals surface area contributed by atoms with Crippen molar-refractivity contribution < 1.29 is 13.0 Å². The van der Waals surface area contributed by atoms with Crippen LogP contribution in [0, 0.1) is 6.92 Å². The van der Waals surface area contributed by atoms with Gasteiger partial charge >= 0.3 is 0 Å². The van der Waals surface area contributed by atoms with E-state index in [4.69, 9.17) is 4.55 Å². The van der Waals surface area contributed by atoms with Crippen LogP contribution in [0.3, 0.4) is 0 Å². The second-order valence-corrected chi connectivity index (χ2v) is 3.76. The average molecular weight is 179 g/mol. The van der Waals surface area contributed by atoms with Crippen molar-refractivity contribution in [3.8, 4) is 0 Å². The van der Waals surface area contributed by atoms with Crippen molar-refractivity contribution in [1.29, 1.82) is 0 Å². The minimum atomic E-state index is -4.04. The smallest absolute Gasteiger partial charge is 0.282 e. The van der Waals surface area contributed by atoms with E-state index in [1.807, 2.05) is 0 Å². The van der Waals surface area contributed by atoms with E-state index in [9.17, 15) is 8.42 Å². The van der Waals surface area contributed by atoms with E-state index in [0.29, 0.717) is 5.69 Å². The summed E-state index contributed by atoms with van der Waals surface area (Å²) < 4.78 is 33.1. The monoisotopic (exact) mass is 179 g/mol. The van der Waals surface area contributed by atoms with E-state index >= 15 is 0 Å². The van der Waals surface area contributed by atoms with Gasteiger partial charge in [-0.3, -0.25) is 4.55 Å². The summed E-state index contributed by atoms with van der Waals surface area (Å²) in [4.78, 5) is -0.0995. The maximum atomic E-state index is 10.4. The van der Waals surface area contributed by atoms with Crippen LogP contribution in [-0.4, -0.2) is 17.3 Å². The molecule has 0 aliphatic carbocycles. The zero-order valence-corrected chi connectivity index (χ0v) is 6.74. The van der Waals surface area contributed by atoms with Crippen LogP contribution in [0.15, 0.2) is 10.3 Å². The highest BCUT2D eigenvalue weighted by Gasteiger charge is 2.14. The summed E-state index contributed by atoms with van der Waals surface area (Å²) in [5.74, 6) is 0. The third-order valence-electron chi connectivity index (χ3n) is 0.984. The standard InChI is InChI=1S/C4H5NO3S2/c1-3-4(2-9-5-3)10(6,7)8/h2H,1H3,(H,6,7,8). The quantitative estimate of drug-likeness (QED) is 0.644. The Kier molecular flexibility index (Phi) is 1.76. The van der Waals surface area contributed by atoms with Gasteiger partial charge in [-0.2, -0.15) is 12.8 Å². The van der Waals surface area contributed by atoms with Gasteiger partial charge in [0.05, 0.1) is 5.69 Å². The summed E-state index contributed by atoms with van der Waals surface area (Å²) in [6.45, 7) is 1.53. The molecule has 10 heavy (non-hydrogen) atoms. The lowest BCUT2D eigenvalue weighted by molar-refractivity contribution is 0.482. The Balaban J connectivity index is 3.32. The maximum absolute atomic E-state index is 10.4. The second kappa shape index (κ2) is 2.30. The fourth-order valence-corrected chi connectivity index (χ4v) is 2.20. The lowest BCUT2D eigenvalue weighted by atomic mass is 10.5. The number of rotatable bonds is 1. The van der Waals surface area contributed by atoms with E-state index < -0.39 is 10.1 Å². The van der Waals surface area contributed by atoms with E-state index in [0.717, 1.165) is 11.5 Å². The molecule has 4 nitrogen and oxygen atoms in total. The molecule has 0 atom stereocenters. The van der Waals surface area contributed by atoms with Gasteiger partial charge in [0.15, 0.2) is 0 Å². The molecule has 0 bridgehead atoms. The maximum Gasteiger partial charge on any atom is 0.297 e. The zero-order chi connectivity index (χ0) is 7.78. The van der Waals surface area contributed by atoms with E-state index in [1.54, 1.807) is 0 Å². The molecule has 1 heterocycles. The van der Waals surface area contributed by atoms with Gasteiger partial charge in [0.25, 0.3) is 10.1 Å². The summed E-state index contributed by atoms with van der Waals surface area (Å²) >= 11 is 1.00. The van der Waals surface area contributed by atoms with E-state index in [2.05, 4.69) is 4.37 Å². The minimum Gasteiger partial charge on any atom is -0.282 e. The molecule has 0 amide bonds. The van der Waals surface area contributed by atoms with Crippen molar-refractivity contribution >= 4 is 21.7 Å². The first kappa shape index (κ1) is 7.64. The van der Waals surface area contributed by atoms with Crippen molar-refractivity contribution in [1.82, 2.24) is 4.37 Å². The molecule has 0 spiro atoms. The Hall–Kier alpha value is -0.460. The number of hydrogen-bond acceptors (Lipinski definition) is 4. The van der Waals surface area contributed by atoms with Gasteiger partial charge in [0.2, 0.25) is 0 Å². The van der Waals surface area contributed by atoms with Crippen LogP contribution in [0.5, 0.6) is 0 Å². The van der Waals surface area contributed by atoms with Gasteiger partial charge in [-0.05, 0) is 18.5 Å². The summed E-state index contributed by atoms with van der Waals surface area (Å²) in [5.41, 5.74) is 0.340. The molecule has 1 N–H and O–H groups in total. The SMILES string of the molecule is Cc1nscc1S(=O)(=O)O. The summed E-state index contributed by atoms with van der Waals surface area (Å²) in [5, 5.41) is 1.30. The van der Waals surface area contributed by atoms with Crippen LogP contribution in [0.25, 0.3) is 0 Å². The molecule has 0 aliphatic heterocycles. The number of hydrogen-bond donors (Lipinski definition) is 1. The van der Waals surface area contributed by atoms with Crippen molar-refractivity contribution in [2.75, 3.05) is 0 Å². The molecular weight excluding hydrogens is 174 g/mol.